The molecule has 3 rings (SSSR count). The van der Waals surface area contributed by atoms with Crippen LogP contribution in [0.4, 0.5) is 0 Å². The molecule has 5 nitrogen and oxygen atoms in total. The smallest absolute Gasteiger partial charge is 0.262 e. The van der Waals surface area contributed by atoms with Crippen molar-refractivity contribution in [3.8, 4) is 17.4 Å². The highest BCUT2D eigenvalue weighted by molar-refractivity contribution is 6.43. The molecular formula is C19H16Cl2N2O3. The molecule has 2 heterocycles. The normalized spacial score (nSPS) is 17.1. The number of ether oxygens (including phenoxy) is 1. The highest BCUT2D eigenvalue weighted by Crippen LogP contribution is 2.34. The van der Waals surface area contributed by atoms with Crippen LogP contribution >= 0.6 is 23.2 Å². The average molecular weight is 391 g/mol. The van der Waals surface area contributed by atoms with Crippen LogP contribution in [0.3, 0.4) is 0 Å². The molecule has 0 radical (unpaired) electrons. The molecule has 1 atom stereocenters. The number of rotatable bonds is 5. The maximum Gasteiger partial charge on any atom is 0.262 e. The summed E-state index contributed by atoms with van der Waals surface area (Å²) < 4.78 is 11.1. The Bertz CT molecular complexity index is 877. The number of carbonyl (C=O) groups is 1. The lowest BCUT2D eigenvalue weighted by atomic mass is 10.2. The molecule has 1 fully saturated rings. The number of amides is 1. The van der Waals surface area contributed by atoms with Crippen LogP contribution in [0, 0.1) is 11.3 Å². The van der Waals surface area contributed by atoms with Crippen LogP contribution in [0.5, 0.6) is 0 Å². The Morgan fingerprint density at radius 3 is 2.92 bits per heavy atom. The monoisotopic (exact) mass is 390 g/mol. The molecule has 1 saturated heterocycles. The molecule has 0 saturated carbocycles. The molecule has 7 heteroatoms. The van der Waals surface area contributed by atoms with Gasteiger partial charge in [0.15, 0.2) is 0 Å². The number of benzene rings is 1. The van der Waals surface area contributed by atoms with Crippen molar-refractivity contribution in [1.29, 1.82) is 5.26 Å². The van der Waals surface area contributed by atoms with Gasteiger partial charge in [0.1, 0.15) is 23.2 Å². The highest BCUT2D eigenvalue weighted by atomic mass is 35.5. The van der Waals surface area contributed by atoms with Gasteiger partial charge in [0.25, 0.3) is 5.91 Å². The number of hydrogen-bond donors (Lipinski definition) is 1. The first-order valence-corrected chi connectivity index (χ1v) is 8.90. The zero-order valence-corrected chi connectivity index (χ0v) is 15.3. The second-order valence-electron chi connectivity index (χ2n) is 5.82. The molecule has 0 spiro atoms. The lowest BCUT2D eigenvalue weighted by molar-refractivity contribution is -0.117. The van der Waals surface area contributed by atoms with Crippen molar-refractivity contribution in [3.63, 3.8) is 0 Å². The second-order valence-corrected chi connectivity index (χ2v) is 6.60. The van der Waals surface area contributed by atoms with E-state index >= 15 is 0 Å². The molecule has 0 unspecified atom stereocenters. The molecule has 1 aliphatic heterocycles. The predicted octanol–water partition coefficient (Wildman–Crippen LogP) is 4.46. The van der Waals surface area contributed by atoms with Crippen LogP contribution in [0.15, 0.2) is 40.3 Å². The Morgan fingerprint density at radius 1 is 1.35 bits per heavy atom. The predicted molar refractivity (Wildman–Crippen MR) is 99.7 cm³/mol. The van der Waals surface area contributed by atoms with Gasteiger partial charge in [0.2, 0.25) is 0 Å². The molecule has 1 aromatic heterocycles. The minimum absolute atomic E-state index is 0.0130. The Morgan fingerprint density at radius 2 is 2.19 bits per heavy atom. The molecule has 0 bridgehead atoms. The van der Waals surface area contributed by atoms with E-state index in [1.807, 2.05) is 6.07 Å². The summed E-state index contributed by atoms with van der Waals surface area (Å²) in [6.07, 6.45) is 3.31. The van der Waals surface area contributed by atoms with Gasteiger partial charge < -0.3 is 14.5 Å². The number of furan rings is 1. The largest absolute Gasteiger partial charge is 0.457 e. The van der Waals surface area contributed by atoms with Gasteiger partial charge in [0.05, 0.1) is 16.1 Å². The number of nitrogens with one attached hydrogen (secondary N) is 1. The van der Waals surface area contributed by atoms with E-state index in [1.165, 1.54) is 6.08 Å². The van der Waals surface area contributed by atoms with Gasteiger partial charge in [0, 0.05) is 24.8 Å². The van der Waals surface area contributed by atoms with Crippen LogP contribution in [0.25, 0.3) is 17.4 Å². The summed E-state index contributed by atoms with van der Waals surface area (Å²) in [4.78, 5) is 12.2. The van der Waals surface area contributed by atoms with E-state index in [1.54, 1.807) is 30.3 Å². The number of nitrogens with zero attached hydrogens (tertiary/aromatic N) is 1. The zero-order valence-electron chi connectivity index (χ0n) is 13.8. The fourth-order valence-electron chi connectivity index (χ4n) is 2.67. The number of halogens is 2. The van der Waals surface area contributed by atoms with Gasteiger partial charge in [-0.25, -0.2) is 0 Å². The highest BCUT2D eigenvalue weighted by Gasteiger charge is 2.18. The van der Waals surface area contributed by atoms with E-state index in [4.69, 9.17) is 32.4 Å². The van der Waals surface area contributed by atoms with Crippen molar-refractivity contribution in [2.45, 2.75) is 18.9 Å². The molecule has 134 valence electrons. The molecule has 1 amide bonds. The summed E-state index contributed by atoms with van der Waals surface area (Å²) in [5.41, 5.74) is 0.598. The quantitative estimate of drug-likeness (QED) is 0.603. The summed E-state index contributed by atoms with van der Waals surface area (Å²) in [5, 5.41) is 12.8. The Labute approximate surface area is 161 Å². The van der Waals surface area contributed by atoms with E-state index in [0.717, 1.165) is 12.8 Å². The van der Waals surface area contributed by atoms with Crippen LogP contribution in [-0.2, 0) is 9.53 Å². The van der Waals surface area contributed by atoms with Gasteiger partial charge in [-0.05, 0) is 37.1 Å². The van der Waals surface area contributed by atoms with Crippen LogP contribution in [0.2, 0.25) is 10.0 Å². The van der Waals surface area contributed by atoms with E-state index in [0.29, 0.717) is 40.3 Å². The van der Waals surface area contributed by atoms with Crippen molar-refractivity contribution in [3.05, 3.63) is 51.7 Å². The van der Waals surface area contributed by atoms with E-state index < -0.39 is 5.91 Å². The Kier molecular flexibility index (Phi) is 6.00. The first-order chi connectivity index (χ1) is 12.6. The van der Waals surface area contributed by atoms with E-state index in [9.17, 15) is 10.1 Å². The molecule has 1 aliphatic rings. The van der Waals surface area contributed by atoms with Gasteiger partial charge in [-0.15, -0.1) is 0 Å². The lowest BCUT2D eigenvalue weighted by Crippen LogP contribution is -2.32. The lowest BCUT2D eigenvalue weighted by Gasteiger charge is -2.09. The minimum atomic E-state index is -0.457. The maximum absolute atomic E-state index is 12.2. The van der Waals surface area contributed by atoms with Crippen molar-refractivity contribution < 1.29 is 13.9 Å². The molecular weight excluding hydrogens is 375 g/mol. The average Bonchev–Trinajstić information content (AvgIpc) is 3.31. The van der Waals surface area contributed by atoms with Gasteiger partial charge >= 0.3 is 0 Å². The summed E-state index contributed by atoms with van der Waals surface area (Å²) in [6.45, 7) is 1.10. The topological polar surface area (TPSA) is 75.3 Å². The van der Waals surface area contributed by atoms with Gasteiger partial charge in [-0.1, -0.05) is 29.3 Å². The van der Waals surface area contributed by atoms with E-state index in [2.05, 4.69) is 5.32 Å². The second kappa shape index (κ2) is 8.41. The van der Waals surface area contributed by atoms with E-state index in [-0.39, 0.29) is 11.7 Å². The van der Waals surface area contributed by atoms with Crippen molar-refractivity contribution in [2.24, 2.45) is 0 Å². The van der Waals surface area contributed by atoms with Crippen molar-refractivity contribution >= 4 is 35.2 Å². The fourth-order valence-corrected chi connectivity index (χ4v) is 3.06. The third kappa shape index (κ3) is 4.28. The third-order valence-electron chi connectivity index (χ3n) is 4.01. The third-order valence-corrected chi connectivity index (χ3v) is 4.83. The van der Waals surface area contributed by atoms with Gasteiger partial charge in [-0.2, -0.15) is 5.26 Å². The van der Waals surface area contributed by atoms with Crippen molar-refractivity contribution in [1.82, 2.24) is 5.32 Å². The van der Waals surface area contributed by atoms with Crippen LogP contribution < -0.4 is 5.32 Å². The summed E-state index contributed by atoms with van der Waals surface area (Å²) in [5.74, 6) is 0.419. The maximum atomic E-state index is 12.2. The number of hydrogen-bond acceptors (Lipinski definition) is 4. The van der Waals surface area contributed by atoms with Gasteiger partial charge in [-0.3, -0.25) is 4.79 Å². The Balaban J connectivity index is 1.73. The first kappa shape index (κ1) is 18.5. The molecule has 0 aliphatic carbocycles. The molecule has 1 N–H and O–H groups in total. The zero-order chi connectivity index (χ0) is 18.5. The van der Waals surface area contributed by atoms with Crippen LogP contribution in [-0.4, -0.2) is 25.2 Å². The molecule has 1 aromatic carbocycles. The molecule has 26 heavy (non-hydrogen) atoms. The number of nitriles is 1. The summed E-state index contributed by atoms with van der Waals surface area (Å²) >= 11 is 12.2. The SMILES string of the molecule is N#C/C(=C\c1ccc(-c2cccc(Cl)c2Cl)o1)C(=O)NC[C@@H]1CCCO1. The molecule has 2 aromatic rings. The van der Waals surface area contributed by atoms with Crippen molar-refractivity contribution in [2.75, 3.05) is 13.2 Å². The summed E-state index contributed by atoms with van der Waals surface area (Å²) in [7, 11) is 0. The number of carbonyl (C=O) groups excluding carboxylic acids is 1. The van der Waals surface area contributed by atoms with Crippen LogP contribution in [0.1, 0.15) is 18.6 Å². The summed E-state index contributed by atoms with van der Waals surface area (Å²) in [6, 6.07) is 10.5. The first-order valence-electron chi connectivity index (χ1n) is 8.14. The Hall–Kier alpha value is -2.26. The standard InChI is InChI=1S/C19H16Cl2N2O3/c20-16-5-1-4-15(18(16)21)17-7-6-13(26-17)9-12(10-22)19(24)23-11-14-3-2-8-25-14/h1,4-7,9,14H,2-3,8,11H2,(H,23,24)/b12-9+/t14-/m0/s1. The minimum Gasteiger partial charge on any atom is -0.457 e. The fraction of sp³-hybridized carbons (Fsp3) is 0.263.